The molecule has 9 heteroatoms. The number of anilines is 1. The Morgan fingerprint density at radius 3 is 2.32 bits per heavy atom. The quantitative estimate of drug-likeness (QED) is 0.366. The molecule has 0 saturated heterocycles. The van der Waals surface area contributed by atoms with Gasteiger partial charge in [0.1, 0.15) is 11.5 Å². The molecule has 6 nitrogen and oxygen atoms in total. The van der Waals surface area contributed by atoms with Crippen molar-refractivity contribution in [1.82, 2.24) is 5.32 Å². The molecule has 0 bridgehead atoms. The first kappa shape index (κ1) is 24.4. The first-order valence-corrected chi connectivity index (χ1v) is 13.2. The second kappa shape index (κ2) is 10.7. The van der Waals surface area contributed by atoms with Crippen LogP contribution in [0.15, 0.2) is 71.6 Å². The zero-order valence-electron chi connectivity index (χ0n) is 18.3. The molecule has 3 aromatic carbocycles. The van der Waals surface area contributed by atoms with E-state index >= 15 is 0 Å². The largest absolute Gasteiger partial charge is 0.456 e. The van der Waals surface area contributed by atoms with E-state index in [2.05, 4.69) is 10.0 Å². The minimum atomic E-state index is -3.97. The highest BCUT2D eigenvalue weighted by atomic mass is 35.5. The summed E-state index contributed by atoms with van der Waals surface area (Å²) in [6.45, 7) is 0. The molecule has 4 rings (SSSR count). The standard InChI is InChI=1S/C25H24Cl2N2O4S/c26-17-10-15-23(21(16-17)25(30)28-18-6-2-1-3-7-18)29-34(31,32)20-13-11-19(12-14-20)33-24-9-5-4-8-22(24)27/h4-5,8-16,18,29H,1-3,6-7H2,(H,28,30). The van der Waals surface area contributed by atoms with E-state index in [-0.39, 0.29) is 28.1 Å². The maximum Gasteiger partial charge on any atom is 0.261 e. The Balaban J connectivity index is 1.51. The summed E-state index contributed by atoms with van der Waals surface area (Å²) in [5.74, 6) is 0.550. The molecule has 178 valence electrons. The third-order valence-electron chi connectivity index (χ3n) is 5.61. The van der Waals surface area contributed by atoms with Crippen molar-refractivity contribution in [2.75, 3.05) is 4.72 Å². The van der Waals surface area contributed by atoms with Crippen LogP contribution < -0.4 is 14.8 Å². The molecule has 0 atom stereocenters. The maximum atomic E-state index is 13.0. The highest BCUT2D eigenvalue weighted by molar-refractivity contribution is 7.92. The predicted octanol–water partition coefficient (Wildman–Crippen LogP) is 6.65. The molecule has 1 aliphatic carbocycles. The number of carbonyl (C=O) groups is 1. The number of rotatable bonds is 7. The minimum Gasteiger partial charge on any atom is -0.456 e. The van der Waals surface area contributed by atoms with Gasteiger partial charge >= 0.3 is 0 Å². The molecule has 1 amide bonds. The summed E-state index contributed by atoms with van der Waals surface area (Å²) in [4.78, 5) is 12.9. The fourth-order valence-corrected chi connectivity index (χ4v) is 5.27. The average Bonchev–Trinajstić information content (AvgIpc) is 2.82. The molecule has 1 saturated carbocycles. The lowest BCUT2D eigenvalue weighted by Crippen LogP contribution is -2.36. The van der Waals surface area contributed by atoms with Crippen molar-refractivity contribution >= 4 is 44.8 Å². The number of ether oxygens (including phenoxy) is 1. The molecule has 0 heterocycles. The Morgan fingerprint density at radius 1 is 0.912 bits per heavy atom. The number of hydrogen-bond donors (Lipinski definition) is 2. The second-order valence-corrected chi connectivity index (χ2v) is 10.6. The van der Waals surface area contributed by atoms with Gasteiger partial charge in [0.15, 0.2) is 0 Å². The lowest BCUT2D eigenvalue weighted by Gasteiger charge is -2.23. The fourth-order valence-electron chi connectivity index (χ4n) is 3.85. The molecule has 0 aliphatic heterocycles. The number of amides is 1. The van der Waals surface area contributed by atoms with Crippen molar-refractivity contribution in [1.29, 1.82) is 0 Å². The molecule has 0 radical (unpaired) electrons. The molecular weight excluding hydrogens is 495 g/mol. The van der Waals surface area contributed by atoms with Gasteiger partial charge in [-0.1, -0.05) is 54.6 Å². The van der Waals surface area contributed by atoms with E-state index in [9.17, 15) is 13.2 Å². The molecule has 0 aromatic heterocycles. The minimum absolute atomic E-state index is 0.0209. The van der Waals surface area contributed by atoms with Crippen LogP contribution in [-0.2, 0) is 10.0 Å². The fraction of sp³-hybridized carbons (Fsp3) is 0.240. The monoisotopic (exact) mass is 518 g/mol. The van der Waals surface area contributed by atoms with E-state index in [1.807, 2.05) is 0 Å². The van der Waals surface area contributed by atoms with Crippen molar-refractivity contribution in [2.24, 2.45) is 0 Å². The van der Waals surface area contributed by atoms with Crippen LogP contribution in [0, 0.1) is 0 Å². The maximum absolute atomic E-state index is 13.0. The SMILES string of the molecule is O=C(NC1CCCCC1)c1cc(Cl)ccc1NS(=O)(=O)c1ccc(Oc2ccccc2Cl)cc1. The Hall–Kier alpha value is -2.74. The summed E-state index contributed by atoms with van der Waals surface area (Å²) in [6, 6.07) is 17.5. The van der Waals surface area contributed by atoms with Gasteiger partial charge in [0, 0.05) is 11.1 Å². The van der Waals surface area contributed by atoms with E-state index in [0.29, 0.717) is 21.5 Å². The number of carbonyl (C=O) groups excluding carboxylic acids is 1. The number of benzene rings is 3. The summed E-state index contributed by atoms with van der Waals surface area (Å²) >= 11 is 12.2. The van der Waals surface area contributed by atoms with Gasteiger partial charge in [0.05, 0.1) is 21.2 Å². The first-order chi connectivity index (χ1) is 16.3. The number of sulfonamides is 1. The van der Waals surface area contributed by atoms with E-state index in [4.69, 9.17) is 27.9 Å². The summed E-state index contributed by atoms with van der Waals surface area (Å²) in [5, 5.41) is 3.80. The highest BCUT2D eigenvalue weighted by Crippen LogP contribution is 2.30. The molecular formula is C25H24Cl2N2O4S. The van der Waals surface area contributed by atoms with Crippen LogP contribution >= 0.6 is 23.2 Å². The summed E-state index contributed by atoms with van der Waals surface area (Å²) in [7, 11) is -3.97. The van der Waals surface area contributed by atoms with Crippen molar-refractivity contribution in [3.8, 4) is 11.5 Å². The Kier molecular flexibility index (Phi) is 7.66. The Labute approximate surface area is 209 Å². The third kappa shape index (κ3) is 6.03. The molecule has 34 heavy (non-hydrogen) atoms. The zero-order chi connectivity index (χ0) is 24.1. The Bertz CT molecular complexity index is 1270. The van der Waals surface area contributed by atoms with Gasteiger partial charge in [-0.2, -0.15) is 0 Å². The van der Waals surface area contributed by atoms with Gasteiger partial charge in [0.25, 0.3) is 15.9 Å². The van der Waals surface area contributed by atoms with E-state index in [0.717, 1.165) is 32.1 Å². The van der Waals surface area contributed by atoms with Gasteiger partial charge < -0.3 is 10.1 Å². The van der Waals surface area contributed by atoms with Gasteiger partial charge in [-0.3, -0.25) is 9.52 Å². The Morgan fingerprint density at radius 2 is 1.62 bits per heavy atom. The average molecular weight is 519 g/mol. The van der Waals surface area contributed by atoms with Crippen LogP contribution in [0.2, 0.25) is 10.0 Å². The van der Waals surface area contributed by atoms with E-state index in [1.165, 1.54) is 42.5 Å². The van der Waals surface area contributed by atoms with E-state index in [1.54, 1.807) is 24.3 Å². The van der Waals surface area contributed by atoms with Crippen LogP contribution in [-0.4, -0.2) is 20.4 Å². The summed E-state index contributed by atoms with van der Waals surface area (Å²) in [5.41, 5.74) is 0.342. The first-order valence-electron chi connectivity index (χ1n) is 11.0. The number of halogens is 2. The van der Waals surface area contributed by atoms with Gasteiger partial charge in [-0.25, -0.2) is 8.42 Å². The van der Waals surface area contributed by atoms with Crippen LogP contribution in [0.25, 0.3) is 0 Å². The van der Waals surface area contributed by atoms with Gasteiger partial charge in [-0.15, -0.1) is 0 Å². The zero-order valence-corrected chi connectivity index (χ0v) is 20.6. The van der Waals surface area contributed by atoms with Crippen LogP contribution in [0.1, 0.15) is 42.5 Å². The molecule has 1 fully saturated rings. The van der Waals surface area contributed by atoms with Crippen LogP contribution in [0.3, 0.4) is 0 Å². The normalized spacial score (nSPS) is 14.4. The van der Waals surface area contributed by atoms with E-state index < -0.39 is 10.0 Å². The molecule has 0 spiro atoms. The number of hydrogen-bond acceptors (Lipinski definition) is 4. The molecule has 2 N–H and O–H groups in total. The summed E-state index contributed by atoms with van der Waals surface area (Å²) in [6.07, 6.45) is 5.12. The number of nitrogens with one attached hydrogen (secondary N) is 2. The van der Waals surface area contributed by atoms with Gasteiger partial charge in [0.2, 0.25) is 0 Å². The van der Waals surface area contributed by atoms with Gasteiger partial charge in [-0.05, 0) is 67.4 Å². The van der Waals surface area contributed by atoms with Crippen molar-refractivity contribution in [2.45, 2.75) is 43.0 Å². The van der Waals surface area contributed by atoms with Crippen molar-refractivity contribution in [3.05, 3.63) is 82.3 Å². The van der Waals surface area contributed by atoms with Crippen LogP contribution in [0.4, 0.5) is 5.69 Å². The lowest BCUT2D eigenvalue weighted by molar-refractivity contribution is 0.0928. The lowest BCUT2D eigenvalue weighted by atomic mass is 9.95. The second-order valence-electron chi connectivity index (χ2n) is 8.11. The highest BCUT2D eigenvalue weighted by Gasteiger charge is 2.22. The third-order valence-corrected chi connectivity index (χ3v) is 7.54. The van der Waals surface area contributed by atoms with Crippen molar-refractivity contribution < 1.29 is 17.9 Å². The van der Waals surface area contributed by atoms with Crippen LogP contribution in [0.5, 0.6) is 11.5 Å². The topological polar surface area (TPSA) is 84.5 Å². The molecule has 3 aromatic rings. The van der Waals surface area contributed by atoms with Crippen molar-refractivity contribution in [3.63, 3.8) is 0 Å². The number of para-hydroxylation sites is 1. The summed E-state index contributed by atoms with van der Waals surface area (Å²) < 4.78 is 34.3. The smallest absolute Gasteiger partial charge is 0.261 e. The molecule has 1 aliphatic rings. The predicted molar refractivity (Wildman–Crippen MR) is 135 cm³/mol. The molecule has 0 unspecified atom stereocenters.